The molecular formula is C6H4INS2. The van der Waals surface area contributed by atoms with E-state index in [1.807, 2.05) is 12.3 Å². The third kappa shape index (κ3) is 2.48. The van der Waals surface area contributed by atoms with E-state index >= 15 is 0 Å². The Morgan fingerprint density at radius 3 is 3.10 bits per heavy atom. The standard InChI is InChI=1S/C6H4INS2/c1-5-4-9-6(8-5)2-3-10-7/h4H,1H3. The molecule has 0 aliphatic heterocycles. The zero-order valence-corrected chi connectivity index (χ0v) is 9.01. The number of hydrogen-bond donors (Lipinski definition) is 0. The molecule has 1 aromatic heterocycles. The van der Waals surface area contributed by atoms with Gasteiger partial charge in [-0.3, -0.25) is 0 Å². The molecule has 0 fully saturated rings. The molecule has 0 bridgehead atoms. The van der Waals surface area contributed by atoms with Crippen LogP contribution in [0, 0.1) is 18.1 Å². The van der Waals surface area contributed by atoms with E-state index in [9.17, 15) is 0 Å². The van der Waals surface area contributed by atoms with Crippen molar-refractivity contribution in [2.75, 3.05) is 0 Å². The molecule has 0 N–H and O–H groups in total. The van der Waals surface area contributed by atoms with Crippen molar-refractivity contribution in [1.82, 2.24) is 4.98 Å². The second-order valence-corrected chi connectivity index (χ2v) is 4.14. The largest absolute Gasteiger partial charge is 0.233 e. The first-order valence-corrected chi connectivity index (χ1v) is 6.77. The van der Waals surface area contributed by atoms with Crippen molar-refractivity contribution in [1.29, 1.82) is 0 Å². The fraction of sp³-hybridized carbons (Fsp3) is 0.167. The fourth-order valence-corrected chi connectivity index (χ4v) is 1.65. The minimum absolute atomic E-state index is 0.904. The van der Waals surface area contributed by atoms with Crippen molar-refractivity contribution in [3.63, 3.8) is 0 Å². The van der Waals surface area contributed by atoms with Crippen molar-refractivity contribution in [3.8, 4) is 11.2 Å². The molecule has 1 nitrogen and oxygen atoms in total. The summed E-state index contributed by atoms with van der Waals surface area (Å²) in [6.45, 7) is 1.97. The quantitative estimate of drug-likeness (QED) is 0.536. The maximum absolute atomic E-state index is 4.18. The van der Waals surface area contributed by atoms with E-state index in [0.29, 0.717) is 0 Å². The minimum atomic E-state index is 0.904. The third-order valence-electron chi connectivity index (χ3n) is 0.816. The van der Waals surface area contributed by atoms with Gasteiger partial charge in [-0.2, -0.15) is 0 Å². The van der Waals surface area contributed by atoms with Crippen LogP contribution in [-0.2, 0) is 0 Å². The molecule has 0 radical (unpaired) electrons. The van der Waals surface area contributed by atoms with Gasteiger partial charge in [-0.25, -0.2) is 4.98 Å². The molecule has 1 heterocycles. The highest BCUT2D eigenvalue weighted by molar-refractivity contribution is 14.2. The molecule has 10 heavy (non-hydrogen) atoms. The Hall–Kier alpha value is 0.270. The van der Waals surface area contributed by atoms with Crippen molar-refractivity contribution in [2.24, 2.45) is 0 Å². The van der Waals surface area contributed by atoms with E-state index in [0.717, 1.165) is 10.7 Å². The number of aromatic nitrogens is 1. The average Bonchev–Trinajstić information content (AvgIpc) is 2.31. The first-order valence-electron chi connectivity index (χ1n) is 2.53. The monoisotopic (exact) mass is 281 g/mol. The molecule has 0 spiro atoms. The van der Waals surface area contributed by atoms with Crippen LogP contribution in [0.3, 0.4) is 0 Å². The summed E-state index contributed by atoms with van der Waals surface area (Å²) < 4.78 is 0. The molecule has 0 amide bonds. The first-order chi connectivity index (χ1) is 4.83. The van der Waals surface area contributed by atoms with Crippen molar-refractivity contribution in [2.45, 2.75) is 6.92 Å². The molecule has 1 rings (SSSR count). The summed E-state index contributed by atoms with van der Waals surface area (Å²) in [5.74, 6) is 2.93. The van der Waals surface area contributed by atoms with Crippen LogP contribution >= 0.6 is 41.5 Å². The highest BCUT2D eigenvalue weighted by atomic mass is 127. The van der Waals surface area contributed by atoms with Gasteiger partial charge in [-0.1, -0.05) is 0 Å². The molecule has 0 atom stereocenters. The van der Waals surface area contributed by atoms with Crippen LogP contribution in [0.25, 0.3) is 0 Å². The fourth-order valence-electron chi connectivity index (χ4n) is 0.474. The molecular weight excluding hydrogens is 277 g/mol. The van der Waals surface area contributed by atoms with Crippen LogP contribution in [0.5, 0.6) is 0 Å². The summed E-state index contributed by atoms with van der Waals surface area (Å²) >= 11 is 3.73. The van der Waals surface area contributed by atoms with E-state index in [1.54, 1.807) is 11.3 Å². The predicted octanol–water partition coefficient (Wildman–Crippen LogP) is 2.84. The lowest BCUT2D eigenvalue weighted by molar-refractivity contribution is 1.25. The lowest BCUT2D eigenvalue weighted by Crippen LogP contribution is -1.70. The van der Waals surface area contributed by atoms with Crippen molar-refractivity contribution < 1.29 is 0 Å². The molecule has 0 aliphatic carbocycles. The summed E-state index contributed by atoms with van der Waals surface area (Å²) in [6, 6.07) is 0. The Morgan fingerprint density at radius 2 is 2.60 bits per heavy atom. The normalized spacial score (nSPS) is 8.60. The minimum Gasteiger partial charge on any atom is -0.233 e. The Morgan fingerprint density at radius 1 is 1.80 bits per heavy atom. The number of halogens is 1. The summed E-state index contributed by atoms with van der Waals surface area (Å²) in [7, 11) is 1.48. The summed E-state index contributed by atoms with van der Waals surface area (Å²) in [5.41, 5.74) is 1.05. The predicted molar refractivity (Wildman–Crippen MR) is 55.3 cm³/mol. The number of thiazole rings is 1. The Labute approximate surface area is 80.2 Å². The maximum Gasteiger partial charge on any atom is 0.167 e. The molecule has 1 aromatic rings. The van der Waals surface area contributed by atoms with Gasteiger partial charge in [-0.15, -0.1) is 11.3 Å². The van der Waals surface area contributed by atoms with Gasteiger partial charge in [0, 0.05) is 32.3 Å². The van der Waals surface area contributed by atoms with E-state index in [4.69, 9.17) is 0 Å². The van der Waals surface area contributed by atoms with Gasteiger partial charge in [-0.05, 0) is 27.0 Å². The van der Waals surface area contributed by atoms with Crippen LogP contribution in [0.15, 0.2) is 5.38 Å². The lowest BCUT2D eigenvalue weighted by Gasteiger charge is -1.73. The number of rotatable bonds is 0. The lowest BCUT2D eigenvalue weighted by atomic mass is 10.6. The first kappa shape index (κ1) is 8.37. The summed E-state index contributed by atoms with van der Waals surface area (Å²) in [6.07, 6.45) is 0. The van der Waals surface area contributed by atoms with Crippen LogP contribution < -0.4 is 0 Å². The Kier molecular flexibility index (Phi) is 3.52. The number of aryl methyl sites for hydroxylation is 1. The van der Waals surface area contributed by atoms with Crippen LogP contribution in [0.2, 0.25) is 0 Å². The van der Waals surface area contributed by atoms with Crippen LogP contribution in [0.4, 0.5) is 0 Å². The number of hydrogen-bond acceptors (Lipinski definition) is 3. The topological polar surface area (TPSA) is 12.9 Å². The molecule has 4 heteroatoms. The van der Waals surface area contributed by atoms with Gasteiger partial charge in [0.25, 0.3) is 0 Å². The van der Waals surface area contributed by atoms with Gasteiger partial charge in [0.1, 0.15) is 0 Å². The van der Waals surface area contributed by atoms with E-state index in [-0.39, 0.29) is 0 Å². The van der Waals surface area contributed by atoms with Crippen molar-refractivity contribution in [3.05, 3.63) is 16.1 Å². The van der Waals surface area contributed by atoms with Gasteiger partial charge >= 0.3 is 0 Å². The average molecular weight is 281 g/mol. The second-order valence-electron chi connectivity index (χ2n) is 1.60. The maximum atomic E-state index is 4.18. The summed E-state index contributed by atoms with van der Waals surface area (Å²) in [5, 5.41) is 5.79. The Bertz CT molecular complexity index is 271. The smallest absolute Gasteiger partial charge is 0.167 e. The molecule has 0 aromatic carbocycles. The van der Waals surface area contributed by atoms with Gasteiger partial charge in [0.15, 0.2) is 5.01 Å². The molecule has 52 valence electrons. The van der Waals surface area contributed by atoms with Crippen molar-refractivity contribution >= 4 is 41.5 Å². The van der Waals surface area contributed by atoms with E-state index < -0.39 is 0 Å². The van der Waals surface area contributed by atoms with E-state index in [2.05, 4.69) is 37.4 Å². The van der Waals surface area contributed by atoms with E-state index in [1.165, 1.54) is 8.93 Å². The third-order valence-corrected chi connectivity index (χ3v) is 2.53. The van der Waals surface area contributed by atoms with Gasteiger partial charge in [0.05, 0.1) is 0 Å². The molecule has 0 saturated carbocycles. The molecule has 0 aliphatic rings. The highest BCUT2D eigenvalue weighted by Gasteiger charge is 1.90. The Balaban J connectivity index is 2.76. The second kappa shape index (κ2) is 4.21. The number of nitrogens with zero attached hydrogens (tertiary/aromatic N) is 1. The summed E-state index contributed by atoms with van der Waals surface area (Å²) in [4.78, 5) is 4.18. The van der Waals surface area contributed by atoms with Gasteiger partial charge in [0.2, 0.25) is 0 Å². The SMILES string of the molecule is Cc1csc(C#CSI)n1. The highest BCUT2D eigenvalue weighted by Crippen LogP contribution is 2.10. The zero-order chi connectivity index (χ0) is 7.40. The van der Waals surface area contributed by atoms with Gasteiger partial charge < -0.3 is 0 Å². The van der Waals surface area contributed by atoms with Crippen LogP contribution in [0.1, 0.15) is 10.7 Å². The molecule has 0 unspecified atom stereocenters. The zero-order valence-electron chi connectivity index (χ0n) is 5.22. The van der Waals surface area contributed by atoms with Crippen LogP contribution in [-0.4, -0.2) is 4.98 Å². The molecule has 0 saturated heterocycles.